The minimum Gasteiger partial charge on any atom is -0.464 e. The zero-order valence-electron chi connectivity index (χ0n) is 12.3. The van der Waals surface area contributed by atoms with Crippen LogP contribution < -0.4 is 0 Å². The fourth-order valence-electron chi connectivity index (χ4n) is 1.87. The molecule has 0 atom stereocenters. The molecule has 0 spiro atoms. The third kappa shape index (κ3) is 15.1. The van der Waals surface area contributed by atoms with Crippen molar-refractivity contribution in [3.63, 3.8) is 0 Å². The summed E-state index contributed by atoms with van der Waals surface area (Å²) in [5.41, 5.74) is 0. The number of allylic oxidation sites excluding steroid dienone is 2. The highest BCUT2D eigenvalue weighted by Gasteiger charge is 1.98. The molecule has 0 saturated carbocycles. The van der Waals surface area contributed by atoms with Gasteiger partial charge in [-0.25, -0.2) is 9.18 Å². The van der Waals surface area contributed by atoms with Gasteiger partial charge in [0.25, 0.3) is 0 Å². The van der Waals surface area contributed by atoms with Gasteiger partial charge < -0.3 is 4.74 Å². The highest BCUT2D eigenvalue weighted by atomic mass is 19.1. The maximum absolute atomic E-state index is 11.7. The molecule has 0 aromatic rings. The molecular formula is C16H29FO2. The van der Waals surface area contributed by atoms with Crippen LogP contribution in [0.4, 0.5) is 4.39 Å². The summed E-state index contributed by atoms with van der Waals surface area (Å²) in [5.74, 6) is -0.751. The number of hydrogen-bond acceptors (Lipinski definition) is 2. The third-order valence-electron chi connectivity index (χ3n) is 3.03. The van der Waals surface area contributed by atoms with Gasteiger partial charge in [-0.05, 0) is 32.1 Å². The lowest BCUT2D eigenvalue weighted by molar-refractivity contribution is -0.144. The van der Waals surface area contributed by atoms with Gasteiger partial charge in [-0.1, -0.05) is 51.2 Å². The first kappa shape index (κ1) is 18.1. The predicted molar refractivity (Wildman–Crippen MR) is 77.9 cm³/mol. The molecule has 19 heavy (non-hydrogen) atoms. The van der Waals surface area contributed by atoms with E-state index in [1.807, 2.05) is 0 Å². The average Bonchev–Trinajstić information content (AvgIpc) is 2.43. The van der Waals surface area contributed by atoms with Gasteiger partial charge in [-0.3, -0.25) is 0 Å². The second kappa shape index (κ2) is 15.2. The van der Waals surface area contributed by atoms with Crippen molar-refractivity contribution in [1.29, 1.82) is 0 Å². The second-order valence-electron chi connectivity index (χ2n) is 4.88. The van der Waals surface area contributed by atoms with E-state index in [1.54, 1.807) is 0 Å². The number of rotatable bonds is 13. The lowest BCUT2D eigenvalue weighted by atomic mass is 10.1. The molecule has 0 heterocycles. The van der Waals surface area contributed by atoms with Gasteiger partial charge in [0, 0.05) is 0 Å². The molecule has 0 aliphatic carbocycles. The molecule has 112 valence electrons. The first-order valence-electron chi connectivity index (χ1n) is 7.67. The van der Waals surface area contributed by atoms with E-state index in [4.69, 9.17) is 0 Å². The Morgan fingerprint density at radius 2 is 1.53 bits per heavy atom. The van der Waals surface area contributed by atoms with E-state index in [-0.39, 0.29) is 0 Å². The normalized spacial score (nSPS) is 11.1. The van der Waals surface area contributed by atoms with Crippen LogP contribution in [0.5, 0.6) is 0 Å². The van der Waals surface area contributed by atoms with Crippen LogP contribution in [0, 0.1) is 0 Å². The van der Waals surface area contributed by atoms with E-state index in [9.17, 15) is 9.18 Å². The molecule has 0 unspecified atom stereocenters. The van der Waals surface area contributed by atoms with Gasteiger partial charge in [0.1, 0.15) is 0 Å². The zero-order valence-corrected chi connectivity index (χ0v) is 12.3. The Morgan fingerprint density at radius 1 is 0.947 bits per heavy atom. The Kier molecular flexibility index (Phi) is 14.5. The highest BCUT2D eigenvalue weighted by Crippen LogP contribution is 2.07. The Bertz CT molecular complexity index is 227. The van der Waals surface area contributed by atoms with E-state index < -0.39 is 12.6 Å². The first-order valence-corrected chi connectivity index (χ1v) is 7.67. The van der Waals surface area contributed by atoms with Gasteiger partial charge >= 0.3 is 5.97 Å². The van der Waals surface area contributed by atoms with Crippen molar-refractivity contribution in [2.24, 2.45) is 0 Å². The van der Waals surface area contributed by atoms with Crippen molar-refractivity contribution in [3.05, 3.63) is 12.2 Å². The minimum absolute atomic E-state index is 0.341. The SMILES string of the molecule is CCCCCCCC/C=C\CCCCOC(=O)CF. The molecule has 0 amide bonds. The van der Waals surface area contributed by atoms with Gasteiger partial charge in [-0.2, -0.15) is 0 Å². The molecule has 0 radical (unpaired) electrons. The lowest BCUT2D eigenvalue weighted by Crippen LogP contribution is -2.07. The number of unbranched alkanes of at least 4 members (excludes halogenated alkanes) is 8. The Hall–Kier alpha value is -0.860. The largest absolute Gasteiger partial charge is 0.464 e. The lowest BCUT2D eigenvalue weighted by Gasteiger charge is -2.00. The molecule has 2 nitrogen and oxygen atoms in total. The van der Waals surface area contributed by atoms with Crippen molar-refractivity contribution >= 4 is 5.97 Å². The summed E-state index contributed by atoms with van der Waals surface area (Å²) in [6.07, 6.45) is 16.5. The third-order valence-corrected chi connectivity index (χ3v) is 3.03. The number of carbonyl (C=O) groups is 1. The fraction of sp³-hybridized carbons (Fsp3) is 0.812. The van der Waals surface area contributed by atoms with E-state index in [0.717, 1.165) is 19.3 Å². The summed E-state index contributed by atoms with van der Waals surface area (Å²) < 4.78 is 16.4. The maximum Gasteiger partial charge on any atom is 0.337 e. The van der Waals surface area contributed by atoms with Gasteiger partial charge in [0.05, 0.1) is 6.61 Å². The van der Waals surface area contributed by atoms with E-state index in [2.05, 4.69) is 23.8 Å². The molecule has 0 fully saturated rings. The van der Waals surface area contributed by atoms with Crippen molar-refractivity contribution in [2.75, 3.05) is 13.3 Å². The number of ether oxygens (including phenoxy) is 1. The van der Waals surface area contributed by atoms with Crippen molar-refractivity contribution in [1.82, 2.24) is 0 Å². The van der Waals surface area contributed by atoms with Crippen LogP contribution >= 0.6 is 0 Å². The summed E-state index contributed by atoms with van der Waals surface area (Å²) in [4.78, 5) is 10.5. The molecule has 0 rings (SSSR count). The zero-order chi connectivity index (χ0) is 14.2. The summed E-state index contributed by atoms with van der Waals surface area (Å²) in [6, 6.07) is 0. The van der Waals surface area contributed by atoms with Gasteiger partial charge in [-0.15, -0.1) is 0 Å². The molecular weight excluding hydrogens is 243 g/mol. The highest BCUT2D eigenvalue weighted by molar-refractivity contribution is 5.70. The predicted octanol–water partition coefficient (Wildman–Crippen LogP) is 4.98. The number of hydrogen-bond donors (Lipinski definition) is 0. The van der Waals surface area contributed by atoms with Crippen LogP contribution in [0.15, 0.2) is 12.2 Å². The van der Waals surface area contributed by atoms with Crippen LogP contribution in [0.1, 0.15) is 71.1 Å². The Morgan fingerprint density at radius 3 is 2.16 bits per heavy atom. The van der Waals surface area contributed by atoms with Crippen LogP contribution in [0.3, 0.4) is 0 Å². The molecule has 0 aromatic heterocycles. The standard InChI is InChI=1S/C16H29FO2/c1-2-3-4-5-6-7-8-9-10-11-12-13-14-19-16(18)15-17/h9-10H,2-8,11-15H2,1H3/b10-9-. The van der Waals surface area contributed by atoms with Gasteiger partial charge in [0.15, 0.2) is 6.67 Å². The molecule has 3 heteroatoms. The van der Waals surface area contributed by atoms with Crippen molar-refractivity contribution in [3.8, 4) is 0 Å². The molecule has 0 N–H and O–H groups in total. The van der Waals surface area contributed by atoms with Crippen LogP contribution in [0.2, 0.25) is 0 Å². The summed E-state index contributed by atoms with van der Waals surface area (Å²) in [7, 11) is 0. The van der Waals surface area contributed by atoms with E-state index >= 15 is 0 Å². The molecule has 0 aliphatic rings. The summed E-state index contributed by atoms with van der Waals surface area (Å²) in [6.45, 7) is 1.56. The topological polar surface area (TPSA) is 26.3 Å². The van der Waals surface area contributed by atoms with Crippen LogP contribution in [0.25, 0.3) is 0 Å². The maximum atomic E-state index is 11.7. The van der Waals surface area contributed by atoms with E-state index in [1.165, 1.54) is 44.9 Å². The molecule has 0 aliphatic heterocycles. The number of esters is 1. The van der Waals surface area contributed by atoms with Crippen LogP contribution in [-0.2, 0) is 9.53 Å². The fourth-order valence-corrected chi connectivity index (χ4v) is 1.87. The van der Waals surface area contributed by atoms with Crippen molar-refractivity contribution in [2.45, 2.75) is 71.1 Å². The minimum atomic E-state index is -1.02. The summed E-state index contributed by atoms with van der Waals surface area (Å²) in [5, 5.41) is 0. The van der Waals surface area contributed by atoms with E-state index in [0.29, 0.717) is 6.61 Å². The number of halogens is 1. The molecule has 0 bridgehead atoms. The second-order valence-corrected chi connectivity index (χ2v) is 4.88. The quantitative estimate of drug-likeness (QED) is 0.268. The molecule has 0 aromatic carbocycles. The smallest absolute Gasteiger partial charge is 0.337 e. The van der Waals surface area contributed by atoms with Crippen LogP contribution in [-0.4, -0.2) is 19.3 Å². The average molecular weight is 272 g/mol. The van der Waals surface area contributed by atoms with Gasteiger partial charge in [0.2, 0.25) is 0 Å². The Labute approximate surface area is 117 Å². The summed E-state index contributed by atoms with van der Waals surface area (Å²) >= 11 is 0. The monoisotopic (exact) mass is 272 g/mol. The van der Waals surface area contributed by atoms with Crippen molar-refractivity contribution < 1.29 is 13.9 Å². The number of alkyl halides is 1. The number of carbonyl (C=O) groups excluding carboxylic acids is 1. The Balaban J connectivity index is 3.11. The first-order chi connectivity index (χ1) is 9.31. The molecule has 0 saturated heterocycles.